The second-order valence-corrected chi connectivity index (χ2v) is 6.20. The Morgan fingerprint density at radius 1 is 0.792 bits per heavy atom. The first-order valence-corrected chi connectivity index (χ1v) is 8.20. The topological polar surface area (TPSA) is 58.2 Å². The first-order valence-electron chi connectivity index (χ1n) is 8.20. The Morgan fingerprint density at radius 2 is 1.33 bits per heavy atom. The molecule has 2 rings (SSSR count). The van der Waals surface area contributed by atoms with E-state index >= 15 is 0 Å². The molecule has 0 bridgehead atoms. The molecule has 0 radical (unpaired) electrons. The molecule has 2 amide bonds. The van der Waals surface area contributed by atoms with Crippen LogP contribution in [0, 0.1) is 5.92 Å². The minimum Gasteiger partial charge on any atom is -0.348 e. The number of carbonyl (C=O) groups excluding carboxylic acids is 2. The molecule has 2 aromatic rings. The monoisotopic (exact) mass is 324 g/mol. The fourth-order valence-corrected chi connectivity index (χ4v) is 2.48. The van der Waals surface area contributed by atoms with E-state index in [-0.39, 0.29) is 23.8 Å². The maximum absolute atomic E-state index is 12.6. The van der Waals surface area contributed by atoms with Crippen molar-refractivity contribution in [1.82, 2.24) is 10.6 Å². The number of carbonyl (C=O) groups is 2. The zero-order chi connectivity index (χ0) is 17.5. The zero-order valence-electron chi connectivity index (χ0n) is 14.3. The molecule has 0 aliphatic heterocycles. The minimum absolute atomic E-state index is 0.0133. The molecule has 0 saturated carbocycles. The summed E-state index contributed by atoms with van der Waals surface area (Å²) in [4.78, 5) is 24.9. The maximum Gasteiger partial charge on any atom is 0.251 e. The Morgan fingerprint density at radius 3 is 1.88 bits per heavy atom. The first kappa shape index (κ1) is 17.7. The molecule has 0 heterocycles. The summed E-state index contributed by atoms with van der Waals surface area (Å²) < 4.78 is 0. The predicted octanol–water partition coefficient (Wildman–Crippen LogP) is 3.32. The van der Waals surface area contributed by atoms with E-state index in [1.807, 2.05) is 57.2 Å². The van der Waals surface area contributed by atoms with Crippen molar-refractivity contribution in [2.24, 2.45) is 5.92 Å². The van der Waals surface area contributed by atoms with Crippen LogP contribution in [0.4, 0.5) is 0 Å². The van der Waals surface area contributed by atoms with E-state index in [4.69, 9.17) is 0 Å². The van der Waals surface area contributed by atoms with Gasteiger partial charge in [-0.15, -0.1) is 0 Å². The molecule has 0 saturated heterocycles. The summed E-state index contributed by atoms with van der Waals surface area (Å²) >= 11 is 0. The lowest BCUT2D eigenvalue weighted by Gasteiger charge is -2.24. The summed E-state index contributed by atoms with van der Waals surface area (Å²) in [6.07, 6.45) is 0. The highest BCUT2D eigenvalue weighted by Gasteiger charge is 2.25. The Balaban J connectivity index is 2.04. The average Bonchev–Trinajstić information content (AvgIpc) is 2.60. The second kappa shape index (κ2) is 8.29. The van der Waals surface area contributed by atoms with Crippen molar-refractivity contribution in [2.45, 2.75) is 32.9 Å². The van der Waals surface area contributed by atoms with Gasteiger partial charge in [-0.25, -0.2) is 0 Å². The average molecular weight is 324 g/mol. The quantitative estimate of drug-likeness (QED) is 0.856. The van der Waals surface area contributed by atoms with Gasteiger partial charge in [-0.3, -0.25) is 9.59 Å². The van der Waals surface area contributed by atoms with Crippen LogP contribution in [0.15, 0.2) is 60.7 Å². The fourth-order valence-electron chi connectivity index (χ4n) is 2.48. The number of amides is 2. The number of hydrogen-bond donors (Lipinski definition) is 2. The van der Waals surface area contributed by atoms with E-state index < -0.39 is 6.04 Å². The third-order valence-electron chi connectivity index (χ3n) is 3.93. The van der Waals surface area contributed by atoms with Gasteiger partial charge in [-0.1, -0.05) is 62.4 Å². The molecular weight excluding hydrogens is 300 g/mol. The lowest BCUT2D eigenvalue weighted by molar-refractivity contribution is -0.124. The standard InChI is InChI=1S/C20H24N2O2/c1-14(2)18(22-19(23)17-12-8-5-9-13-17)20(24)21-15(3)16-10-6-4-7-11-16/h4-15,18H,1-3H3,(H,21,24)(H,22,23). The van der Waals surface area contributed by atoms with E-state index in [1.54, 1.807) is 24.3 Å². The summed E-state index contributed by atoms with van der Waals surface area (Å²) in [5.74, 6) is -0.428. The SMILES string of the molecule is CC(NC(=O)C(NC(=O)c1ccccc1)C(C)C)c1ccccc1. The van der Waals surface area contributed by atoms with Crippen LogP contribution in [-0.2, 0) is 4.79 Å². The highest BCUT2D eigenvalue weighted by molar-refractivity contribution is 5.97. The smallest absolute Gasteiger partial charge is 0.251 e. The maximum atomic E-state index is 12.6. The molecule has 0 aliphatic rings. The molecule has 2 N–H and O–H groups in total. The van der Waals surface area contributed by atoms with Gasteiger partial charge in [0, 0.05) is 5.56 Å². The summed E-state index contributed by atoms with van der Waals surface area (Å²) in [6.45, 7) is 5.77. The fraction of sp³-hybridized carbons (Fsp3) is 0.300. The van der Waals surface area contributed by atoms with Gasteiger partial charge < -0.3 is 10.6 Å². The van der Waals surface area contributed by atoms with Gasteiger partial charge in [-0.05, 0) is 30.5 Å². The third kappa shape index (κ3) is 4.69. The van der Waals surface area contributed by atoms with Gasteiger partial charge in [0.2, 0.25) is 5.91 Å². The minimum atomic E-state index is -0.580. The number of rotatable bonds is 6. The van der Waals surface area contributed by atoms with Crippen LogP contribution < -0.4 is 10.6 Å². The van der Waals surface area contributed by atoms with E-state index in [9.17, 15) is 9.59 Å². The lowest BCUT2D eigenvalue weighted by atomic mass is 10.0. The molecule has 0 spiro atoms. The van der Waals surface area contributed by atoms with Crippen LogP contribution in [0.2, 0.25) is 0 Å². The van der Waals surface area contributed by atoms with Crippen molar-refractivity contribution in [3.63, 3.8) is 0 Å². The predicted molar refractivity (Wildman–Crippen MR) is 95.5 cm³/mol. The van der Waals surface area contributed by atoms with Crippen molar-refractivity contribution in [3.8, 4) is 0 Å². The van der Waals surface area contributed by atoms with Gasteiger partial charge in [0.15, 0.2) is 0 Å². The van der Waals surface area contributed by atoms with Crippen molar-refractivity contribution in [1.29, 1.82) is 0 Å². The van der Waals surface area contributed by atoms with Gasteiger partial charge in [0.25, 0.3) is 5.91 Å². The molecule has 0 aromatic heterocycles. The largest absolute Gasteiger partial charge is 0.348 e. The van der Waals surface area contributed by atoms with E-state index in [0.29, 0.717) is 5.56 Å². The van der Waals surface area contributed by atoms with Crippen LogP contribution in [0.1, 0.15) is 42.7 Å². The summed E-state index contributed by atoms with van der Waals surface area (Å²) in [5, 5.41) is 5.82. The van der Waals surface area contributed by atoms with Gasteiger partial charge in [0.1, 0.15) is 6.04 Å². The highest BCUT2D eigenvalue weighted by atomic mass is 16.2. The Bertz CT molecular complexity index is 669. The van der Waals surface area contributed by atoms with Crippen LogP contribution in [0.25, 0.3) is 0 Å². The Hall–Kier alpha value is -2.62. The van der Waals surface area contributed by atoms with Crippen molar-refractivity contribution in [2.75, 3.05) is 0 Å². The summed E-state index contributed by atoms with van der Waals surface area (Å²) in [6, 6.07) is 18.0. The molecule has 0 aliphatic carbocycles. The van der Waals surface area contributed by atoms with Crippen LogP contribution in [0.3, 0.4) is 0 Å². The number of hydrogen-bond acceptors (Lipinski definition) is 2. The first-order chi connectivity index (χ1) is 11.5. The second-order valence-electron chi connectivity index (χ2n) is 6.20. The molecule has 0 fully saturated rings. The van der Waals surface area contributed by atoms with E-state index in [0.717, 1.165) is 5.56 Å². The summed E-state index contributed by atoms with van der Waals surface area (Å²) in [5.41, 5.74) is 1.58. The molecule has 24 heavy (non-hydrogen) atoms. The Kier molecular flexibility index (Phi) is 6.13. The van der Waals surface area contributed by atoms with Crippen LogP contribution in [0.5, 0.6) is 0 Å². The normalized spacial score (nSPS) is 13.2. The van der Waals surface area contributed by atoms with Crippen molar-refractivity contribution < 1.29 is 9.59 Å². The van der Waals surface area contributed by atoms with E-state index in [2.05, 4.69) is 10.6 Å². The van der Waals surface area contributed by atoms with Gasteiger partial charge in [-0.2, -0.15) is 0 Å². The molecule has 2 unspecified atom stereocenters. The zero-order valence-corrected chi connectivity index (χ0v) is 14.3. The molecular formula is C20H24N2O2. The lowest BCUT2D eigenvalue weighted by Crippen LogP contribution is -2.50. The molecule has 126 valence electrons. The van der Waals surface area contributed by atoms with E-state index in [1.165, 1.54) is 0 Å². The summed E-state index contributed by atoms with van der Waals surface area (Å²) in [7, 11) is 0. The van der Waals surface area contributed by atoms with Gasteiger partial charge in [0.05, 0.1) is 6.04 Å². The molecule has 4 heteroatoms. The van der Waals surface area contributed by atoms with Crippen LogP contribution >= 0.6 is 0 Å². The van der Waals surface area contributed by atoms with Gasteiger partial charge >= 0.3 is 0 Å². The molecule has 4 nitrogen and oxygen atoms in total. The van der Waals surface area contributed by atoms with Crippen molar-refractivity contribution in [3.05, 3.63) is 71.8 Å². The molecule has 2 atom stereocenters. The number of benzene rings is 2. The highest BCUT2D eigenvalue weighted by Crippen LogP contribution is 2.13. The molecule has 2 aromatic carbocycles. The Labute approximate surface area is 143 Å². The number of nitrogens with one attached hydrogen (secondary N) is 2. The van der Waals surface area contributed by atoms with Crippen molar-refractivity contribution >= 4 is 11.8 Å². The third-order valence-corrected chi connectivity index (χ3v) is 3.93. The van der Waals surface area contributed by atoms with Crippen LogP contribution in [-0.4, -0.2) is 17.9 Å².